The van der Waals surface area contributed by atoms with Crippen molar-refractivity contribution >= 4 is 11.9 Å². The summed E-state index contributed by atoms with van der Waals surface area (Å²) in [7, 11) is 1.61. The highest BCUT2D eigenvalue weighted by Crippen LogP contribution is 2.22. The summed E-state index contributed by atoms with van der Waals surface area (Å²) in [6.45, 7) is 5.60. The molecule has 21 heavy (non-hydrogen) atoms. The van der Waals surface area contributed by atoms with E-state index in [1.54, 1.807) is 31.4 Å². The highest BCUT2D eigenvalue weighted by Gasteiger charge is 2.11. The molecule has 1 aromatic heterocycles. The third-order valence-electron chi connectivity index (χ3n) is 2.94. The third-order valence-corrected chi connectivity index (χ3v) is 2.94. The van der Waals surface area contributed by atoms with E-state index in [-0.39, 0.29) is 12.0 Å². The van der Waals surface area contributed by atoms with Gasteiger partial charge in [-0.1, -0.05) is 0 Å². The van der Waals surface area contributed by atoms with Gasteiger partial charge in [-0.3, -0.25) is 0 Å². The SMILES string of the molecule is CCN(CC)c1nc(N)nc(Oc2ccc(OC)cc2)n1. The summed E-state index contributed by atoms with van der Waals surface area (Å²) >= 11 is 0. The van der Waals surface area contributed by atoms with Gasteiger partial charge < -0.3 is 20.1 Å². The number of aromatic nitrogens is 3. The molecule has 0 saturated heterocycles. The molecule has 0 aliphatic heterocycles. The Morgan fingerprint density at radius 1 is 1.00 bits per heavy atom. The Balaban J connectivity index is 2.22. The van der Waals surface area contributed by atoms with Crippen molar-refractivity contribution in [3.8, 4) is 17.5 Å². The fraction of sp³-hybridized carbons (Fsp3) is 0.357. The van der Waals surface area contributed by atoms with Crippen LogP contribution in [0.5, 0.6) is 17.5 Å². The van der Waals surface area contributed by atoms with Crippen LogP contribution in [0.25, 0.3) is 0 Å². The topological polar surface area (TPSA) is 86.4 Å². The predicted octanol–water partition coefficient (Wildman–Crippen LogP) is 2.10. The fourth-order valence-corrected chi connectivity index (χ4v) is 1.80. The molecule has 0 saturated carbocycles. The van der Waals surface area contributed by atoms with Crippen molar-refractivity contribution in [3.05, 3.63) is 24.3 Å². The summed E-state index contributed by atoms with van der Waals surface area (Å²) < 4.78 is 10.7. The van der Waals surface area contributed by atoms with E-state index in [2.05, 4.69) is 15.0 Å². The van der Waals surface area contributed by atoms with Crippen molar-refractivity contribution in [1.82, 2.24) is 15.0 Å². The fourth-order valence-electron chi connectivity index (χ4n) is 1.80. The lowest BCUT2D eigenvalue weighted by molar-refractivity contribution is 0.410. The summed E-state index contributed by atoms with van der Waals surface area (Å²) in [5, 5.41) is 0. The zero-order valence-corrected chi connectivity index (χ0v) is 12.4. The van der Waals surface area contributed by atoms with Gasteiger partial charge in [-0.15, -0.1) is 0 Å². The van der Waals surface area contributed by atoms with Crippen molar-refractivity contribution in [2.45, 2.75) is 13.8 Å². The first-order valence-corrected chi connectivity index (χ1v) is 6.74. The molecule has 2 N–H and O–H groups in total. The largest absolute Gasteiger partial charge is 0.497 e. The Bertz CT molecular complexity index is 584. The average molecular weight is 289 g/mol. The molecule has 112 valence electrons. The number of ether oxygens (including phenoxy) is 2. The number of nitrogens with two attached hydrogens (primary N) is 1. The molecule has 0 aliphatic rings. The lowest BCUT2D eigenvalue weighted by Gasteiger charge is -2.18. The summed E-state index contributed by atoms with van der Waals surface area (Å²) in [4.78, 5) is 14.4. The highest BCUT2D eigenvalue weighted by molar-refractivity contribution is 5.37. The number of hydrogen-bond donors (Lipinski definition) is 1. The summed E-state index contributed by atoms with van der Waals surface area (Å²) in [6.07, 6.45) is 0. The minimum Gasteiger partial charge on any atom is -0.497 e. The normalized spacial score (nSPS) is 10.2. The number of rotatable bonds is 6. The van der Waals surface area contributed by atoms with Gasteiger partial charge in [0.05, 0.1) is 7.11 Å². The maximum absolute atomic E-state index is 5.72. The number of nitrogens with zero attached hydrogens (tertiary/aromatic N) is 4. The zero-order chi connectivity index (χ0) is 15.2. The van der Waals surface area contributed by atoms with E-state index in [4.69, 9.17) is 15.2 Å². The van der Waals surface area contributed by atoms with E-state index in [0.29, 0.717) is 11.7 Å². The first kappa shape index (κ1) is 14.8. The van der Waals surface area contributed by atoms with Crippen LogP contribution >= 0.6 is 0 Å². The molecule has 7 nitrogen and oxygen atoms in total. The molecule has 0 radical (unpaired) electrons. The first-order chi connectivity index (χ1) is 10.2. The van der Waals surface area contributed by atoms with Crippen LogP contribution in [0.4, 0.5) is 11.9 Å². The Kier molecular flexibility index (Phi) is 4.76. The van der Waals surface area contributed by atoms with Gasteiger partial charge >= 0.3 is 6.01 Å². The molecule has 0 fully saturated rings. The summed E-state index contributed by atoms with van der Waals surface area (Å²) in [6, 6.07) is 7.32. The van der Waals surface area contributed by atoms with E-state index in [1.807, 2.05) is 18.7 Å². The van der Waals surface area contributed by atoms with Gasteiger partial charge in [0, 0.05) is 13.1 Å². The zero-order valence-electron chi connectivity index (χ0n) is 12.4. The molecular weight excluding hydrogens is 270 g/mol. The highest BCUT2D eigenvalue weighted by atomic mass is 16.5. The van der Waals surface area contributed by atoms with Gasteiger partial charge in [-0.05, 0) is 38.1 Å². The van der Waals surface area contributed by atoms with Crippen LogP contribution < -0.4 is 20.1 Å². The van der Waals surface area contributed by atoms with Crippen LogP contribution in [-0.2, 0) is 0 Å². The number of nitrogen functional groups attached to an aromatic ring is 1. The quantitative estimate of drug-likeness (QED) is 0.871. The van der Waals surface area contributed by atoms with Gasteiger partial charge in [0.1, 0.15) is 11.5 Å². The van der Waals surface area contributed by atoms with Crippen molar-refractivity contribution in [1.29, 1.82) is 0 Å². The molecular formula is C14H19N5O2. The predicted molar refractivity (Wildman–Crippen MR) is 80.9 cm³/mol. The lowest BCUT2D eigenvalue weighted by atomic mass is 10.3. The van der Waals surface area contributed by atoms with E-state index in [0.717, 1.165) is 18.8 Å². The summed E-state index contributed by atoms with van der Waals surface area (Å²) in [5.74, 6) is 2.00. The van der Waals surface area contributed by atoms with Gasteiger partial charge in [0.2, 0.25) is 11.9 Å². The van der Waals surface area contributed by atoms with Crippen LogP contribution in [-0.4, -0.2) is 35.2 Å². The molecule has 0 aliphatic carbocycles. The van der Waals surface area contributed by atoms with Crippen molar-refractivity contribution in [3.63, 3.8) is 0 Å². The van der Waals surface area contributed by atoms with Gasteiger partial charge in [0.15, 0.2) is 0 Å². The second-order valence-electron chi connectivity index (χ2n) is 4.23. The molecule has 0 atom stereocenters. The van der Waals surface area contributed by atoms with Crippen LogP contribution in [0.1, 0.15) is 13.8 Å². The van der Waals surface area contributed by atoms with Crippen molar-refractivity contribution in [2.75, 3.05) is 30.8 Å². The number of hydrogen-bond acceptors (Lipinski definition) is 7. The van der Waals surface area contributed by atoms with E-state index in [9.17, 15) is 0 Å². The average Bonchev–Trinajstić information content (AvgIpc) is 2.49. The third kappa shape index (κ3) is 3.71. The maximum Gasteiger partial charge on any atom is 0.328 e. The number of anilines is 2. The van der Waals surface area contributed by atoms with Crippen LogP contribution in [0, 0.1) is 0 Å². The Hall–Kier alpha value is -2.57. The van der Waals surface area contributed by atoms with Crippen LogP contribution in [0.3, 0.4) is 0 Å². The monoisotopic (exact) mass is 289 g/mol. The Morgan fingerprint density at radius 2 is 1.62 bits per heavy atom. The molecule has 1 aromatic carbocycles. The lowest BCUT2D eigenvalue weighted by Crippen LogP contribution is -2.25. The number of methoxy groups -OCH3 is 1. The molecule has 0 spiro atoms. The Labute approximate surface area is 123 Å². The molecule has 0 unspecified atom stereocenters. The molecule has 2 rings (SSSR count). The molecule has 0 amide bonds. The van der Waals surface area contributed by atoms with E-state index >= 15 is 0 Å². The van der Waals surface area contributed by atoms with Crippen LogP contribution in [0.15, 0.2) is 24.3 Å². The van der Waals surface area contributed by atoms with Gasteiger partial charge in [0.25, 0.3) is 0 Å². The maximum atomic E-state index is 5.72. The summed E-state index contributed by atoms with van der Waals surface area (Å²) in [5.41, 5.74) is 5.72. The molecule has 1 heterocycles. The molecule has 2 aromatic rings. The van der Waals surface area contributed by atoms with Crippen LogP contribution in [0.2, 0.25) is 0 Å². The molecule has 0 bridgehead atoms. The standard InChI is InChI=1S/C14H19N5O2/c1-4-19(5-2)13-16-12(15)17-14(18-13)21-11-8-6-10(20-3)7-9-11/h6-9H,4-5H2,1-3H3,(H2,15,16,17,18). The minimum absolute atomic E-state index is 0.135. The van der Waals surface area contributed by atoms with Gasteiger partial charge in [-0.2, -0.15) is 15.0 Å². The first-order valence-electron chi connectivity index (χ1n) is 6.74. The van der Waals surface area contributed by atoms with Crippen molar-refractivity contribution in [2.24, 2.45) is 0 Å². The number of benzene rings is 1. The molecule has 7 heteroatoms. The second kappa shape index (κ2) is 6.74. The van der Waals surface area contributed by atoms with E-state index < -0.39 is 0 Å². The van der Waals surface area contributed by atoms with E-state index in [1.165, 1.54) is 0 Å². The Morgan fingerprint density at radius 3 is 2.19 bits per heavy atom. The minimum atomic E-state index is 0.135. The van der Waals surface area contributed by atoms with Crippen molar-refractivity contribution < 1.29 is 9.47 Å². The second-order valence-corrected chi connectivity index (χ2v) is 4.23. The van der Waals surface area contributed by atoms with Gasteiger partial charge in [-0.25, -0.2) is 0 Å². The smallest absolute Gasteiger partial charge is 0.328 e.